The number of hydrogen-bond donors (Lipinski definition) is 2. The Hall–Kier alpha value is -2.27. The van der Waals surface area contributed by atoms with Crippen LogP contribution >= 0.6 is 15.9 Å². The van der Waals surface area contributed by atoms with Crippen LogP contribution in [0.3, 0.4) is 0 Å². The van der Waals surface area contributed by atoms with E-state index < -0.39 is 0 Å². The van der Waals surface area contributed by atoms with Gasteiger partial charge in [-0.15, -0.1) is 0 Å². The second kappa shape index (κ2) is 6.46. The number of carbonyl (C=O) groups excluding carboxylic acids is 1. The number of fused-ring (bicyclic) bond motifs is 1. The maximum Gasteiger partial charge on any atom is 0.228 e. The van der Waals surface area contributed by atoms with Crippen LogP contribution in [0.15, 0.2) is 46.9 Å². The van der Waals surface area contributed by atoms with Crippen molar-refractivity contribution >= 4 is 38.4 Å². The molecule has 0 unspecified atom stereocenters. The van der Waals surface area contributed by atoms with Crippen LogP contribution in [0.4, 0.5) is 5.69 Å². The Morgan fingerprint density at radius 2 is 2.04 bits per heavy atom. The molecule has 0 aliphatic rings. The summed E-state index contributed by atoms with van der Waals surface area (Å²) in [6.45, 7) is 1.98. The van der Waals surface area contributed by atoms with Crippen molar-refractivity contribution in [3.8, 4) is 5.75 Å². The lowest BCUT2D eigenvalue weighted by Gasteiger charge is -2.07. The van der Waals surface area contributed by atoms with Gasteiger partial charge in [-0.25, -0.2) is 0 Å². The van der Waals surface area contributed by atoms with Gasteiger partial charge in [-0.1, -0.05) is 12.1 Å². The van der Waals surface area contributed by atoms with Gasteiger partial charge < -0.3 is 15.0 Å². The monoisotopic (exact) mass is 372 g/mol. The number of nitrogens with one attached hydrogen (secondary N) is 2. The van der Waals surface area contributed by atoms with Gasteiger partial charge in [-0.2, -0.15) is 0 Å². The fraction of sp³-hybridized carbons (Fsp3) is 0.167. The number of methoxy groups -OCH3 is 1. The van der Waals surface area contributed by atoms with E-state index in [1.54, 1.807) is 7.11 Å². The van der Waals surface area contributed by atoms with E-state index in [1.807, 2.05) is 49.4 Å². The predicted octanol–water partition coefficient (Wildman–Crippen LogP) is 4.43. The number of anilines is 1. The first kappa shape index (κ1) is 15.6. The summed E-state index contributed by atoms with van der Waals surface area (Å²) in [5, 5.41) is 3.96. The van der Waals surface area contributed by atoms with Crippen LogP contribution in [0, 0.1) is 6.92 Å². The number of aryl methyl sites for hydroxylation is 1. The van der Waals surface area contributed by atoms with Crippen LogP contribution in [-0.4, -0.2) is 18.0 Å². The molecule has 4 nitrogen and oxygen atoms in total. The molecule has 0 fully saturated rings. The van der Waals surface area contributed by atoms with E-state index in [2.05, 4.69) is 26.2 Å². The number of hydrogen-bond acceptors (Lipinski definition) is 2. The quantitative estimate of drug-likeness (QED) is 0.711. The molecule has 2 N–H and O–H groups in total. The maximum atomic E-state index is 12.4. The van der Waals surface area contributed by atoms with Gasteiger partial charge in [0.2, 0.25) is 5.91 Å². The minimum Gasteiger partial charge on any atom is -0.497 e. The van der Waals surface area contributed by atoms with Gasteiger partial charge in [-0.05, 0) is 58.7 Å². The second-order valence-corrected chi connectivity index (χ2v) is 6.20. The number of aromatic nitrogens is 1. The summed E-state index contributed by atoms with van der Waals surface area (Å²) in [4.78, 5) is 15.7. The van der Waals surface area contributed by atoms with E-state index in [9.17, 15) is 4.79 Å². The van der Waals surface area contributed by atoms with E-state index in [0.717, 1.165) is 38.1 Å². The van der Waals surface area contributed by atoms with E-state index in [-0.39, 0.29) is 5.91 Å². The molecule has 2 aromatic carbocycles. The van der Waals surface area contributed by atoms with E-state index in [1.165, 1.54) is 0 Å². The lowest BCUT2D eigenvalue weighted by atomic mass is 10.1. The van der Waals surface area contributed by atoms with Crippen molar-refractivity contribution in [2.24, 2.45) is 0 Å². The SMILES string of the molecule is COc1ccc2[nH]c(C)c(CC(=O)Nc3ccccc3Br)c2c1. The predicted molar refractivity (Wildman–Crippen MR) is 96.1 cm³/mol. The van der Waals surface area contributed by atoms with E-state index in [4.69, 9.17) is 4.74 Å². The Morgan fingerprint density at radius 1 is 1.26 bits per heavy atom. The summed E-state index contributed by atoms with van der Waals surface area (Å²) < 4.78 is 6.15. The molecule has 5 heteroatoms. The number of amides is 1. The number of ether oxygens (including phenoxy) is 1. The third kappa shape index (κ3) is 3.24. The Bertz CT molecular complexity index is 871. The van der Waals surface area contributed by atoms with Crippen molar-refractivity contribution in [3.63, 3.8) is 0 Å². The minimum absolute atomic E-state index is 0.0521. The largest absolute Gasteiger partial charge is 0.497 e. The summed E-state index contributed by atoms with van der Waals surface area (Å²) in [7, 11) is 1.64. The number of benzene rings is 2. The molecule has 1 heterocycles. The van der Waals surface area contributed by atoms with Crippen LogP contribution in [0.2, 0.25) is 0 Å². The highest BCUT2D eigenvalue weighted by atomic mass is 79.9. The topological polar surface area (TPSA) is 54.1 Å². The Kier molecular flexibility index (Phi) is 4.39. The average Bonchev–Trinajstić information content (AvgIpc) is 2.85. The molecule has 3 rings (SSSR count). The summed E-state index contributed by atoms with van der Waals surface area (Å²) in [5.41, 5.74) is 3.76. The first-order valence-electron chi connectivity index (χ1n) is 7.28. The lowest BCUT2D eigenvalue weighted by Crippen LogP contribution is -2.15. The van der Waals surface area contributed by atoms with Crippen molar-refractivity contribution in [1.29, 1.82) is 0 Å². The van der Waals surface area contributed by atoms with Crippen molar-refractivity contribution in [1.82, 2.24) is 4.98 Å². The molecule has 0 aliphatic carbocycles. The number of H-pyrrole nitrogens is 1. The maximum absolute atomic E-state index is 12.4. The molecule has 23 heavy (non-hydrogen) atoms. The Balaban J connectivity index is 1.87. The van der Waals surface area contributed by atoms with Gasteiger partial charge >= 0.3 is 0 Å². The molecular weight excluding hydrogens is 356 g/mol. The zero-order chi connectivity index (χ0) is 16.4. The molecule has 3 aromatic rings. The zero-order valence-corrected chi connectivity index (χ0v) is 14.5. The van der Waals surface area contributed by atoms with Gasteiger partial charge in [-0.3, -0.25) is 4.79 Å². The zero-order valence-electron chi connectivity index (χ0n) is 12.9. The smallest absolute Gasteiger partial charge is 0.228 e. The molecular formula is C18H17BrN2O2. The van der Waals surface area contributed by atoms with Crippen LogP contribution in [-0.2, 0) is 11.2 Å². The van der Waals surface area contributed by atoms with E-state index >= 15 is 0 Å². The standard InChI is InChI=1S/C18H17BrN2O2/c1-11-13(14-9-12(23-2)7-8-16(14)20-11)10-18(22)21-17-6-4-3-5-15(17)19/h3-9,20H,10H2,1-2H3,(H,21,22). The summed E-state index contributed by atoms with van der Waals surface area (Å²) in [6, 6.07) is 13.4. The number of rotatable bonds is 4. The minimum atomic E-state index is -0.0521. The van der Waals surface area contributed by atoms with E-state index in [0.29, 0.717) is 6.42 Å². The highest BCUT2D eigenvalue weighted by Gasteiger charge is 2.14. The Morgan fingerprint density at radius 3 is 2.78 bits per heavy atom. The summed E-state index contributed by atoms with van der Waals surface area (Å²) in [6.07, 6.45) is 0.306. The number of aromatic amines is 1. The lowest BCUT2D eigenvalue weighted by molar-refractivity contribution is -0.115. The van der Waals surface area contributed by atoms with Crippen molar-refractivity contribution in [2.45, 2.75) is 13.3 Å². The van der Waals surface area contributed by atoms with Gasteiger partial charge in [0.1, 0.15) is 5.75 Å². The summed E-state index contributed by atoms with van der Waals surface area (Å²) in [5.74, 6) is 0.729. The normalized spacial score (nSPS) is 10.7. The first-order chi connectivity index (χ1) is 11.1. The fourth-order valence-corrected chi connectivity index (χ4v) is 3.02. The third-order valence-electron chi connectivity index (χ3n) is 3.81. The molecule has 1 amide bonds. The third-order valence-corrected chi connectivity index (χ3v) is 4.50. The number of para-hydroxylation sites is 1. The van der Waals surface area contributed by atoms with Gasteiger partial charge in [0.05, 0.1) is 19.2 Å². The fourth-order valence-electron chi connectivity index (χ4n) is 2.63. The highest BCUT2D eigenvalue weighted by Crippen LogP contribution is 2.27. The van der Waals surface area contributed by atoms with Crippen molar-refractivity contribution in [2.75, 3.05) is 12.4 Å². The van der Waals surface area contributed by atoms with Crippen molar-refractivity contribution < 1.29 is 9.53 Å². The molecule has 0 saturated heterocycles. The molecule has 0 atom stereocenters. The average molecular weight is 373 g/mol. The van der Waals surface area contributed by atoms with Gasteiger partial charge in [0.25, 0.3) is 0 Å². The van der Waals surface area contributed by atoms with Crippen LogP contribution in [0.1, 0.15) is 11.3 Å². The van der Waals surface area contributed by atoms with Crippen LogP contribution < -0.4 is 10.1 Å². The van der Waals surface area contributed by atoms with Crippen molar-refractivity contribution in [3.05, 3.63) is 58.2 Å². The number of carbonyl (C=O) groups is 1. The molecule has 1 aromatic heterocycles. The summed E-state index contributed by atoms with van der Waals surface area (Å²) >= 11 is 3.44. The molecule has 0 aliphatic heterocycles. The van der Waals surface area contributed by atoms with Crippen LogP contribution in [0.25, 0.3) is 10.9 Å². The second-order valence-electron chi connectivity index (χ2n) is 5.34. The van der Waals surface area contributed by atoms with Gasteiger partial charge in [0.15, 0.2) is 0 Å². The molecule has 0 spiro atoms. The molecule has 0 saturated carbocycles. The molecule has 0 bridgehead atoms. The van der Waals surface area contributed by atoms with Crippen LogP contribution in [0.5, 0.6) is 5.75 Å². The first-order valence-corrected chi connectivity index (χ1v) is 8.07. The number of halogens is 1. The Labute approximate surface area is 143 Å². The molecule has 118 valence electrons. The molecule has 0 radical (unpaired) electrons. The van der Waals surface area contributed by atoms with Gasteiger partial charge in [0, 0.05) is 21.1 Å². The highest BCUT2D eigenvalue weighted by molar-refractivity contribution is 9.10.